The second-order valence-electron chi connectivity index (χ2n) is 6.35. The Morgan fingerprint density at radius 1 is 1.21 bits per heavy atom. The first-order chi connectivity index (χ1) is 13.1. The molecule has 1 aromatic carbocycles. The van der Waals surface area contributed by atoms with Gasteiger partial charge < -0.3 is 15.5 Å². The van der Waals surface area contributed by atoms with Crippen LogP contribution in [0.25, 0.3) is 0 Å². The van der Waals surface area contributed by atoms with Crippen LogP contribution in [-0.2, 0) is 6.42 Å². The monoisotopic (exact) mass is 505 g/mol. The third-order valence-electron chi connectivity index (χ3n) is 4.51. The molecule has 1 saturated heterocycles. The quantitative estimate of drug-likeness (QED) is 0.373. The number of hydrogen-bond acceptors (Lipinski definition) is 3. The Hall–Kier alpha value is -2.04. The van der Waals surface area contributed by atoms with Crippen LogP contribution in [0.1, 0.15) is 12.0 Å². The fraction of sp³-hybridized carbons (Fsp3) is 0.368. The number of nitrogens with zero attached hydrogens (tertiary/aromatic N) is 3. The van der Waals surface area contributed by atoms with Gasteiger partial charge in [-0.15, -0.1) is 24.0 Å². The van der Waals surface area contributed by atoms with Crippen molar-refractivity contribution in [3.8, 4) is 0 Å². The van der Waals surface area contributed by atoms with Crippen LogP contribution in [0.15, 0.2) is 41.5 Å². The topological polar surface area (TPSA) is 52.6 Å². The van der Waals surface area contributed by atoms with Crippen molar-refractivity contribution >= 4 is 35.8 Å². The molecule has 0 radical (unpaired) electrons. The number of benzene rings is 1. The van der Waals surface area contributed by atoms with Crippen molar-refractivity contribution in [3.05, 3.63) is 59.5 Å². The van der Waals surface area contributed by atoms with Crippen LogP contribution in [0.4, 0.5) is 19.0 Å². The maximum absolute atomic E-state index is 13.9. The third-order valence-corrected chi connectivity index (χ3v) is 4.51. The van der Waals surface area contributed by atoms with E-state index < -0.39 is 11.6 Å². The third kappa shape index (κ3) is 5.49. The summed E-state index contributed by atoms with van der Waals surface area (Å²) in [5, 5.41) is 6.38. The number of pyridine rings is 1. The van der Waals surface area contributed by atoms with Gasteiger partial charge in [-0.25, -0.2) is 18.2 Å². The molecule has 0 spiro atoms. The van der Waals surface area contributed by atoms with Crippen LogP contribution in [-0.4, -0.2) is 43.7 Å². The highest BCUT2D eigenvalue weighted by molar-refractivity contribution is 14.0. The van der Waals surface area contributed by atoms with E-state index in [-0.39, 0.29) is 35.8 Å². The van der Waals surface area contributed by atoms with E-state index in [2.05, 4.69) is 20.6 Å². The van der Waals surface area contributed by atoms with Gasteiger partial charge in [-0.1, -0.05) is 12.1 Å². The Balaban J connectivity index is 0.00000280. The van der Waals surface area contributed by atoms with Crippen molar-refractivity contribution in [2.24, 2.45) is 4.99 Å². The van der Waals surface area contributed by atoms with E-state index in [0.717, 1.165) is 12.5 Å². The molecular weight excluding hydrogens is 482 g/mol. The van der Waals surface area contributed by atoms with Crippen LogP contribution in [0, 0.1) is 17.5 Å². The minimum Gasteiger partial charge on any atom is -0.356 e. The zero-order valence-electron chi connectivity index (χ0n) is 15.5. The van der Waals surface area contributed by atoms with E-state index in [1.807, 2.05) is 4.90 Å². The van der Waals surface area contributed by atoms with Crippen molar-refractivity contribution in [3.63, 3.8) is 0 Å². The number of aliphatic imine (C=N–C) groups is 1. The maximum atomic E-state index is 13.9. The van der Waals surface area contributed by atoms with Gasteiger partial charge in [0.05, 0.1) is 0 Å². The molecule has 9 heteroatoms. The van der Waals surface area contributed by atoms with E-state index >= 15 is 0 Å². The molecule has 1 fully saturated rings. The van der Waals surface area contributed by atoms with Crippen molar-refractivity contribution in [1.82, 2.24) is 15.6 Å². The molecule has 0 amide bonds. The van der Waals surface area contributed by atoms with Gasteiger partial charge in [-0.3, -0.25) is 4.99 Å². The molecule has 2 N–H and O–H groups in total. The van der Waals surface area contributed by atoms with Crippen LogP contribution in [0.5, 0.6) is 0 Å². The van der Waals surface area contributed by atoms with Crippen LogP contribution in [0.3, 0.4) is 0 Å². The Labute approximate surface area is 179 Å². The summed E-state index contributed by atoms with van der Waals surface area (Å²) in [5.74, 6) is -1.07. The molecule has 0 bridgehead atoms. The summed E-state index contributed by atoms with van der Waals surface area (Å²) >= 11 is 0. The van der Waals surface area contributed by atoms with Crippen molar-refractivity contribution < 1.29 is 13.2 Å². The molecule has 5 nitrogen and oxygen atoms in total. The summed E-state index contributed by atoms with van der Waals surface area (Å²) < 4.78 is 40.8. The number of halogens is 4. The molecule has 0 saturated carbocycles. The summed E-state index contributed by atoms with van der Waals surface area (Å²) in [6.45, 7) is 1.70. The van der Waals surface area contributed by atoms with Gasteiger partial charge in [0.1, 0.15) is 0 Å². The van der Waals surface area contributed by atoms with Crippen LogP contribution < -0.4 is 15.5 Å². The van der Waals surface area contributed by atoms with Crippen molar-refractivity contribution in [2.45, 2.75) is 18.9 Å². The van der Waals surface area contributed by atoms with Gasteiger partial charge in [0, 0.05) is 38.9 Å². The first-order valence-corrected chi connectivity index (χ1v) is 8.84. The molecule has 2 heterocycles. The predicted octanol–water partition coefficient (Wildman–Crippen LogP) is 3.10. The summed E-state index contributed by atoms with van der Waals surface area (Å²) in [4.78, 5) is 10.2. The molecule has 1 unspecified atom stereocenters. The largest absolute Gasteiger partial charge is 0.356 e. The average molecular weight is 505 g/mol. The summed E-state index contributed by atoms with van der Waals surface area (Å²) in [6, 6.07) is 7.20. The molecule has 1 atom stereocenters. The average Bonchev–Trinajstić information content (AvgIpc) is 3.13. The predicted molar refractivity (Wildman–Crippen MR) is 115 cm³/mol. The van der Waals surface area contributed by atoms with Gasteiger partial charge in [0.15, 0.2) is 29.2 Å². The lowest BCUT2D eigenvalue weighted by molar-refractivity contribution is 0.498. The van der Waals surface area contributed by atoms with E-state index in [9.17, 15) is 13.2 Å². The molecule has 1 aliphatic heterocycles. The molecule has 1 aromatic heterocycles. The lowest BCUT2D eigenvalue weighted by atomic mass is 10.1. The standard InChI is InChI=1S/C19H22F3N5.HI/c1-23-19(25-10-7-13-4-2-5-15(20)17(13)22)26-14-8-11-27(12-14)18-16(21)6-3-9-24-18;/h2-6,9,14H,7-8,10-12H2,1H3,(H2,23,25,26);1H. The lowest BCUT2D eigenvalue weighted by Gasteiger charge is -2.20. The van der Waals surface area contributed by atoms with Gasteiger partial charge in [-0.05, 0) is 36.6 Å². The zero-order chi connectivity index (χ0) is 19.2. The van der Waals surface area contributed by atoms with E-state index in [4.69, 9.17) is 0 Å². The number of nitrogens with one attached hydrogen (secondary N) is 2. The van der Waals surface area contributed by atoms with Crippen LogP contribution in [0.2, 0.25) is 0 Å². The van der Waals surface area contributed by atoms with Gasteiger partial charge >= 0.3 is 0 Å². The Morgan fingerprint density at radius 2 is 2.00 bits per heavy atom. The molecule has 152 valence electrons. The fourth-order valence-corrected chi connectivity index (χ4v) is 3.13. The molecule has 2 aromatic rings. The van der Waals surface area contributed by atoms with E-state index in [0.29, 0.717) is 43.4 Å². The Morgan fingerprint density at radius 3 is 2.75 bits per heavy atom. The van der Waals surface area contributed by atoms with Gasteiger partial charge in [0.2, 0.25) is 0 Å². The van der Waals surface area contributed by atoms with Gasteiger partial charge in [0.25, 0.3) is 0 Å². The highest BCUT2D eigenvalue weighted by Gasteiger charge is 2.25. The second kappa shape index (κ2) is 10.5. The van der Waals surface area contributed by atoms with Crippen molar-refractivity contribution in [1.29, 1.82) is 0 Å². The van der Waals surface area contributed by atoms with E-state index in [1.165, 1.54) is 12.1 Å². The molecular formula is C19H23F3IN5. The fourth-order valence-electron chi connectivity index (χ4n) is 3.13. The number of guanidine groups is 1. The smallest absolute Gasteiger partial charge is 0.191 e. The zero-order valence-corrected chi connectivity index (χ0v) is 17.8. The minimum absolute atomic E-state index is 0. The second-order valence-corrected chi connectivity index (χ2v) is 6.35. The number of rotatable bonds is 5. The first kappa shape index (κ1) is 22.3. The highest BCUT2D eigenvalue weighted by atomic mass is 127. The summed E-state index contributed by atoms with van der Waals surface area (Å²) in [6.07, 6.45) is 2.72. The Kier molecular flexibility index (Phi) is 8.34. The number of aromatic nitrogens is 1. The summed E-state index contributed by atoms with van der Waals surface area (Å²) in [7, 11) is 1.64. The highest BCUT2D eigenvalue weighted by Crippen LogP contribution is 2.20. The molecule has 28 heavy (non-hydrogen) atoms. The summed E-state index contributed by atoms with van der Waals surface area (Å²) in [5.41, 5.74) is 0.315. The SMILES string of the molecule is CN=C(NCCc1cccc(F)c1F)NC1CCN(c2ncccc2F)C1.I. The first-order valence-electron chi connectivity index (χ1n) is 8.84. The molecule has 1 aliphatic rings. The molecule has 3 rings (SSSR count). The normalized spacial score (nSPS) is 16.6. The van der Waals surface area contributed by atoms with Crippen molar-refractivity contribution in [2.75, 3.05) is 31.6 Å². The molecule has 0 aliphatic carbocycles. The van der Waals surface area contributed by atoms with Gasteiger partial charge in [-0.2, -0.15) is 0 Å². The van der Waals surface area contributed by atoms with E-state index in [1.54, 1.807) is 25.4 Å². The Bertz CT molecular complexity index is 818. The number of anilines is 1. The maximum Gasteiger partial charge on any atom is 0.191 e. The lowest BCUT2D eigenvalue weighted by Crippen LogP contribution is -2.45. The minimum atomic E-state index is -0.845. The van der Waals surface area contributed by atoms with Crippen LogP contribution >= 0.6 is 24.0 Å². The number of hydrogen-bond donors (Lipinski definition) is 2.